The summed E-state index contributed by atoms with van der Waals surface area (Å²) in [7, 11) is 0. The molecule has 9 heteroatoms. The van der Waals surface area contributed by atoms with Crippen molar-refractivity contribution < 1.29 is 23.7 Å². The van der Waals surface area contributed by atoms with E-state index in [0.717, 1.165) is 20.3 Å². The van der Waals surface area contributed by atoms with Crippen LogP contribution in [0.1, 0.15) is 23.6 Å². The van der Waals surface area contributed by atoms with E-state index >= 15 is 0 Å². The van der Waals surface area contributed by atoms with Crippen molar-refractivity contribution in [2.45, 2.75) is 20.0 Å². The number of hydrogen-bond acceptors (Lipinski definition) is 6. The number of ether oxygens (including phenoxy) is 4. The molecule has 1 amide bonds. The van der Waals surface area contributed by atoms with Crippen LogP contribution in [-0.2, 0) is 17.8 Å². The molecule has 4 rings (SSSR count). The minimum atomic E-state index is -0.239. The number of halogens is 2. The second-order valence-electron chi connectivity index (χ2n) is 7.59. The molecule has 1 aliphatic heterocycles. The molecule has 0 saturated heterocycles. The minimum absolute atomic E-state index is 0.171. The number of hydrogen-bond donors (Lipinski definition) is 1. The van der Waals surface area contributed by atoms with E-state index in [2.05, 4.69) is 33.1 Å². The van der Waals surface area contributed by atoms with E-state index in [0.29, 0.717) is 54.4 Å². The van der Waals surface area contributed by atoms with E-state index in [1.54, 1.807) is 6.21 Å². The third-order valence-corrected chi connectivity index (χ3v) is 6.21. The quantitative estimate of drug-likeness (QED) is 0.201. The third-order valence-electron chi connectivity index (χ3n) is 5.04. The maximum atomic E-state index is 12.4. The Morgan fingerprint density at radius 1 is 1.11 bits per heavy atom. The SMILES string of the molecule is CCOc1cc(/C=N/NC(=O)Cc2ccc3c(c2)OCCO3)cc(I)c1OCc1ccccc1Cl. The Morgan fingerprint density at radius 3 is 2.71 bits per heavy atom. The number of carbonyl (C=O) groups excluding carboxylic acids is 1. The van der Waals surface area contributed by atoms with Gasteiger partial charge in [0.25, 0.3) is 0 Å². The van der Waals surface area contributed by atoms with Crippen LogP contribution < -0.4 is 24.4 Å². The standard InChI is InChI=1S/C26H24ClIN2O5/c1-2-32-24-13-18(11-21(28)26(24)35-16-19-5-3-4-6-20(19)27)15-29-30-25(31)14-17-7-8-22-23(12-17)34-10-9-33-22/h3-8,11-13,15H,2,9-10,14,16H2,1H3,(H,30,31)/b29-15+. The maximum Gasteiger partial charge on any atom is 0.244 e. The molecule has 7 nitrogen and oxygen atoms in total. The van der Waals surface area contributed by atoms with Crippen LogP contribution in [0.2, 0.25) is 5.02 Å². The zero-order chi connectivity index (χ0) is 24.6. The van der Waals surface area contributed by atoms with Crippen molar-refractivity contribution in [2.24, 2.45) is 5.10 Å². The lowest BCUT2D eigenvalue weighted by Crippen LogP contribution is -2.20. The summed E-state index contributed by atoms with van der Waals surface area (Å²) in [6, 6.07) is 16.7. The van der Waals surface area contributed by atoms with E-state index < -0.39 is 0 Å². The third kappa shape index (κ3) is 6.79. The molecule has 0 bridgehead atoms. The molecular formula is C26H24ClIN2O5. The monoisotopic (exact) mass is 606 g/mol. The molecule has 1 heterocycles. The predicted molar refractivity (Wildman–Crippen MR) is 143 cm³/mol. The van der Waals surface area contributed by atoms with E-state index in [4.69, 9.17) is 30.5 Å². The van der Waals surface area contributed by atoms with Crippen molar-refractivity contribution in [3.05, 3.63) is 79.9 Å². The molecule has 0 spiro atoms. The largest absolute Gasteiger partial charge is 0.490 e. The van der Waals surface area contributed by atoms with E-state index in [1.165, 1.54) is 0 Å². The fraction of sp³-hybridized carbons (Fsp3) is 0.231. The lowest BCUT2D eigenvalue weighted by Gasteiger charge is -2.18. The Hall–Kier alpha value is -2.98. The van der Waals surface area contributed by atoms with Crippen LogP contribution >= 0.6 is 34.2 Å². The Morgan fingerprint density at radius 2 is 1.91 bits per heavy atom. The summed E-state index contributed by atoms with van der Waals surface area (Å²) in [4.78, 5) is 12.4. The Kier molecular flexibility index (Phi) is 8.70. The summed E-state index contributed by atoms with van der Waals surface area (Å²) in [5.74, 6) is 2.33. The van der Waals surface area contributed by atoms with E-state index in [9.17, 15) is 4.79 Å². The highest BCUT2D eigenvalue weighted by molar-refractivity contribution is 14.1. The van der Waals surface area contributed by atoms with Gasteiger partial charge < -0.3 is 18.9 Å². The molecule has 0 radical (unpaired) electrons. The average molecular weight is 607 g/mol. The van der Waals surface area contributed by atoms with Gasteiger partial charge in [0.05, 0.1) is 22.8 Å². The number of rotatable bonds is 9. The lowest BCUT2D eigenvalue weighted by molar-refractivity contribution is -0.120. The van der Waals surface area contributed by atoms with E-state index in [1.807, 2.05) is 61.5 Å². The topological polar surface area (TPSA) is 78.4 Å². The van der Waals surface area contributed by atoms with Gasteiger partial charge in [-0.3, -0.25) is 4.79 Å². The first-order valence-corrected chi connectivity index (χ1v) is 12.5. The Balaban J connectivity index is 1.39. The molecule has 0 fully saturated rings. The second kappa shape index (κ2) is 12.1. The molecule has 1 N–H and O–H groups in total. The van der Waals surface area contributed by atoms with Crippen molar-refractivity contribution in [3.63, 3.8) is 0 Å². The highest BCUT2D eigenvalue weighted by Gasteiger charge is 2.14. The van der Waals surface area contributed by atoms with Crippen molar-refractivity contribution >= 4 is 46.3 Å². The summed E-state index contributed by atoms with van der Waals surface area (Å²) in [5.41, 5.74) is 5.04. The second-order valence-corrected chi connectivity index (χ2v) is 9.16. The number of carbonyl (C=O) groups is 1. The number of fused-ring (bicyclic) bond motifs is 1. The van der Waals surface area contributed by atoms with Gasteiger partial charge in [0, 0.05) is 10.6 Å². The van der Waals surface area contributed by atoms with Gasteiger partial charge in [-0.05, 0) is 71.0 Å². The van der Waals surface area contributed by atoms with Gasteiger partial charge in [-0.2, -0.15) is 5.10 Å². The Bertz CT molecular complexity index is 1230. The van der Waals surface area contributed by atoms with Crippen LogP contribution in [0.4, 0.5) is 0 Å². The molecule has 0 saturated carbocycles. The number of nitrogens with one attached hydrogen (secondary N) is 1. The molecule has 3 aromatic carbocycles. The predicted octanol–water partition coefficient (Wildman–Crippen LogP) is 5.39. The first-order valence-electron chi connectivity index (χ1n) is 11.1. The fourth-order valence-electron chi connectivity index (χ4n) is 3.43. The van der Waals surface area contributed by atoms with Crippen LogP contribution in [0.5, 0.6) is 23.0 Å². The number of amides is 1. The van der Waals surface area contributed by atoms with Crippen molar-refractivity contribution in [3.8, 4) is 23.0 Å². The number of nitrogens with zero attached hydrogens (tertiary/aromatic N) is 1. The summed E-state index contributed by atoms with van der Waals surface area (Å²) < 4.78 is 23.8. The average Bonchev–Trinajstić information content (AvgIpc) is 2.84. The van der Waals surface area contributed by atoms with Gasteiger partial charge in [0.1, 0.15) is 19.8 Å². The maximum absolute atomic E-state index is 12.4. The first-order chi connectivity index (χ1) is 17.0. The first kappa shape index (κ1) is 25.1. The van der Waals surface area contributed by atoms with Gasteiger partial charge in [-0.1, -0.05) is 35.9 Å². The van der Waals surface area contributed by atoms with Crippen LogP contribution in [0, 0.1) is 3.57 Å². The van der Waals surface area contributed by atoms with Gasteiger partial charge >= 0.3 is 0 Å². The van der Waals surface area contributed by atoms with Crippen LogP contribution in [-0.4, -0.2) is 31.9 Å². The van der Waals surface area contributed by atoms with Crippen molar-refractivity contribution in [2.75, 3.05) is 19.8 Å². The van der Waals surface area contributed by atoms with Gasteiger partial charge in [-0.25, -0.2) is 5.43 Å². The molecule has 0 unspecified atom stereocenters. The van der Waals surface area contributed by atoms with Gasteiger partial charge in [-0.15, -0.1) is 0 Å². The van der Waals surface area contributed by atoms with Gasteiger partial charge in [0.2, 0.25) is 5.91 Å². The smallest absolute Gasteiger partial charge is 0.244 e. The van der Waals surface area contributed by atoms with Crippen molar-refractivity contribution in [1.82, 2.24) is 5.43 Å². The normalized spacial score (nSPS) is 12.4. The zero-order valence-electron chi connectivity index (χ0n) is 19.1. The fourth-order valence-corrected chi connectivity index (χ4v) is 4.40. The molecule has 0 aliphatic carbocycles. The number of benzene rings is 3. The molecule has 0 atom stereocenters. The Labute approximate surface area is 222 Å². The lowest BCUT2D eigenvalue weighted by atomic mass is 10.1. The molecule has 182 valence electrons. The zero-order valence-corrected chi connectivity index (χ0v) is 22.0. The summed E-state index contributed by atoms with van der Waals surface area (Å²) >= 11 is 8.44. The summed E-state index contributed by atoms with van der Waals surface area (Å²) in [6.45, 7) is 3.73. The molecule has 35 heavy (non-hydrogen) atoms. The number of hydrazone groups is 1. The summed E-state index contributed by atoms with van der Waals surface area (Å²) in [5, 5.41) is 4.75. The van der Waals surface area contributed by atoms with Crippen LogP contribution in [0.3, 0.4) is 0 Å². The molecule has 0 aromatic heterocycles. The highest BCUT2D eigenvalue weighted by atomic mass is 127. The van der Waals surface area contributed by atoms with Crippen LogP contribution in [0.25, 0.3) is 0 Å². The highest BCUT2D eigenvalue weighted by Crippen LogP contribution is 2.35. The van der Waals surface area contributed by atoms with E-state index in [-0.39, 0.29) is 12.3 Å². The van der Waals surface area contributed by atoms with Crippen LogP contribution in [0.15, 0.2) is 59.7 Å². The van der Waals surface area contributed by atoms with Gasteiger partial charge in [0.15, 0.2) is 23.0 Å². The summed E-state index contributed by atoms with van der Waals surface area (Å²) in [6.07, 6.45) is 1.74. The molecular weight excluding hydrogens is 583 g/mol. The molecule has 1 aliphatic rings. The van der Waals surface area contributed by atoms with Crippen molar-refractivity contribution in [1.29, 1.82) is 0 Å². The molecule has 3 aromatic rings. The minimum Gasteiger partial charge on any atom is -0.490 e.